The molecule has 0 radical (unpaired) electrons. The molecule has 2 aromatic carbocycles. The topological polar surface area (TPSA) is 126 Å². The zero-order valence-electron chi connectivity index (χ0n) is 14.7. The van der Waals surface area contributed by atoms with Gasteiger partial charge in [0.2, 0.25) is 0 Å². The van der Waals surface area contributed by atoms with Gasteiger partial charge in [0, 0.05) is 28.8 Å². The average molecular weight is 356 g/mol. The highest BCUT2D eigenvalue weighted by Gasteiger charge is 2.22. The van der Waals surface area contributed by atoms with Crippen molar-refractivity contribution in [1.29, 1.82) is 5.41 Å². The molecule has 0 aliphatic heterocycles. The predicted molar refractivity (Wildman–Crippen MR) is 98.0 cm³/mol. The number of nitrogen functional groups attached to an aromatic ring is 1. The monoisotopic (exact) mass is 356 g/mol. The van der Waals surface area contributed by atoms with Gasteiger partial charge in [-0.25, -0.2) is 4.79 Å². The number of amidine groups is 1. The minimum absolute atomic E-state index is 0.0272. The Morgan fingerprint density at radius 1 is 1.08 bits per heavy atom. The molecule has 0 atom stereocenters. The van der Waals surface area contributed by atoms with E-state index in [0.717, 1.165) is 0 Å². The number of ether oxygens (including phenoxy) is 2. The van der Waals surface area contributed by atoms with Gasteiger partial charge in [0.25, 0.3) is 0 Å². The minimum atomic E-state index is -1.13. The van der Waals surface area contributed by atoms with E-state index in [4.69, 9.17) is 20.6 Å². The van der Waals surface area contributed by atoms with Gasteiger partial charge in [-0.3, -0.25) is 5.41 Å². The molecule has 0 fully saturated rings. The maximum absolute atomic E-state index is 11.6. The number of carbonyl (C=O) groups is 1. The van der Waals surface area contributed by atoms with Crippen molar-refractivity contribution in [3.8, 4) is 17.2 Å². The third-order valence-corrected chi connectivity index (χ3v) is 3.94. The van der Waals surface area contributed by atoms with E-state index in [2.05, 4.69) is 0 Å². The first-order valence-electron chi connectivity index (χ1n) is 7.64. The number of phenolic OH excluding ortho intramolecular Hbond substituents is 1. The van der Waals surface area contributed by atoms with Crippen LogP contribution in [0.4, 0.5) is 0 Å². The quantitative estimate of drug-likeness (QED) is 0.358. The molecule has 2 rings (SSSR count). The van der Waals surface area contributed by atoms with Crippen LogP contribution < -0.4 is 15.2 Å². The summed E-state index contributed by atoms with van der Waals surface area (Å²) in [4.78, 5) is 11.6. The van der Waals surface area contributed by atoms with Gasteiger partial charge < -0.3 is 25.4 Å². The molecule has 136 valence electrons. The number of rotatable bonds is 6. The van der Waals surface area contributed by atoms with Gasteiger partial charge in [-0.15, -0.1) is 0 Å². The van der Waals surface area contributed by atoms with Crippen molar-refractivity contribution in [3.63, 3.8) is 0 Å². The lowest BCUT2D eigenvalue weighted by atomic mass is 9.91. The van der Waals surface area contributed by atoms with E-state index >= 15 is 0 Å². The number of aliphatic carboxylic acids is 1. The molecule has 7 heteroatoms. The molecule has 2 aromatic rings. The molecule has 0 aliphatic rings. The molecule has 0 unspecified atom stereocenters. The summed E-state index contributed by atoms with van der Waals surface area (Å²) in [5.74, 6) is -0.752. The average Bonchev–Trinajstić information content (AvgIpc) is 2.62. The van der Waals surface area contributed by atoms with E-state index < -0.39 is 5.97 Å². The molecule has 0 heterocycles. The van der Waals surface area contributed by atoms with Crippen LogP contribution in [0.1, 0.15) is 23.6 Å². The van der Waals surface area contributed by atoms with Crippen molar-refractivity contribution in [2.75, 3.05) is 14.2 Å². The molecule has 5 N–H and O–H groups in total. The molecule has 0 aromatic heterocycles. The zero-order valence-corrected chi connectivity index (χ0v) is 14.7. The summed E-state index contributed by atoms with van der Waals surface area (Å²) in [6.07, 6.45) is 0. The van der Waals surface area contributed by atoms with Crippen LogP contribution in [0.2, 0.25) is 0 Å². The first kappa shape index (κ1) is 18.9. The van der Waals surface area contributed by atoms with Crippen LogP contribution in [0.3, 0.4) is 0 Å². The highest BCUT2D eigenvalue weighted by molar-refractivity contribution is 6.03. The largest absolute Gasteiger partial charge is 0.507 e. The van der Waals surface area contributed by atoms with Crippen molar-refractivity contribution in [1.82, 2.24) is 0 Å². The summed E-state index contributed by atoms with van der Waals surface area (Å²) in [7, 11) is 2.87. The first-order valence-corrected chi connectivity index (χ1v) is 7.64. The Morgan fingerprint density at radius 2 is 1.65 bits per heavy atom. The normalized spacial score (nSPS) is 11.5. The second kappa shape index (κ2) is 7.60. The van der Waals surface area contributed by atoms with E-state index in [1.807, 2.05) is 0 Å². The van der Waals surface area contributed by atoms with E-state index in [1.165, 1.54) is 27.2 Å². The molecule has 0 spiro atoms. The molecular weight excluding hydrogens is 336 g/mol. The van der Waals surface area contributed by atoms with Gasteiger partial charge in [0.05, 0.1) is 19.8 Å². The van der Waals surface area contributed by atoms with Gasteiger partial charge in [-0.05, 0) is 12.5 Å². The predicted octanol–water partition coefficient (Wildman–Crippen LogP) is 2.60. The van der Waals surface area contributed by atoms with Crippen molar-refractivity contribution in [3.05, 3.63) is 58.7 Å². The summed E-state index contributed by atoms with van der Waals surface area (Å²) in [6.45, 7) is 1.44. The third-order valence-electron chi connectivity index (χ3n) is 3.94. The molecule has 26 heavy (non-hydrogen) atoms. The summed E-state index contributed by atoms with van der Waals surface area (Å²) >= 11 is 0. The summed E-state index contributed by atoms with van der Waals surface area (Å²) in [6, 6.07) is 9.45. The maximum atomic E-state index is 11.6. The van der Waals surface area contributed by atoms with Gasteiger partial charge in [0.15, 0.2) is 0 Å². The van der Waals surface area contributed by atoms with E-state index in [-0.39, 0.29) is 28.5 Å². The molecule has 0 saturated carbocycles. The minimum Gasteiger partial charge on any atom is -0.507 e. The number of methoxy groups -OCH3 is 2. The van der Waals surface area contributed by atoms with Crippen LogP contribution in [0, 0.1) is 5.41 Å². The Labute approximate surface area is 150 Å². The fourth-order valence-corrected chi connectivity index (χ4v) is 2.58. The molecule has 0 aliphatic carbocycles. The Kier molecular flexibility index (Phi) is 5.51. The summed E-state index contributed by atoms with van der Waals surface area (Å²) in [5, 5.41) is 27.5. The van der Waals surface area contributed by atoms with Crippen LogP contribution in [0.15, 0.2) is 42.0 Å². The van der Waals surface area contributed by atoms with E-state index in [0.29, 0.717) is 22.4 Å². The Hall–Kier alpha value is -3.48. The number of aromatic hydroxyl groups is 1. The summed E-state index contributed by atoms with van der Waals surface area (Å²) in [5.41, 5.74) is 7.07. The van der Waals surface area contributed by atoms with Crippen LogP contribution in [-0.4, -0.2) is 36.2 Å². The SMILES string of the molecule is COc1cc(O)c(/C(=C(\C)C(=O)O)c2ccc(C(=N)N)cc2)c(OC)c1. The fraction of sp³-hybridized carbons (Fsp3) is 0.158. The number of nitrogens with two attached hydrogens (primary N) is 1. The zero-order chi connectivity index (χ0) is 19.4. The number of hydrogen-bond acceptors (Lipinski definition) is 5. The van der Waals surface area contributed by atoms with E-state index in [9.17, 15) is 15.0 Å². The lowest BCUT2D eigenvalue weighted by molar-refractivity contribution is -0.132. The van der Waals surface area contributed by atoms with Crippen LogP contribution in [0.25, 0.3) is 5.57 Å². The van der Waals surface area contributed by atoms with Gasteiger partial charge >= 0.3 is 5.97 Å². The number of hydrogen-bond donors (Lipinski definition) is 4. The highest BCUT2D eigenvalue weighted by atomic mass is 16.5. The molecular formula is C19H20N2O5. The fourth-order valence-electron chi connectivity index (χ4n) is 2.58. The van der Waals surface area contributed by atoms with Crippen molar-refractivity contribution >= 4 is 17.4 Å². The second-order valence-corrected chi connectivity index (χ2v) is 5.52. The maximum Gasteiger partial charge on any atom is 0.331 e. The number of benzene rings is 2. The molecule has 0 saturated heterocycles. The lowest BCUT2D eigenvalue weighted by Gasteiger charge is -2.17. The summed E-state index contributed by atoms with van der Waals surface area (Å²) < 4.78 is 10.5. The molecule has 0 amide bonds. The van der Waals surface area contributed by atoms with Crippen LogP contribution >= 0.6 is 0 Å². The number of carboxylic acids is 1. The third kappa shape index (κ3) is 3.61. The van der Waals surface area contributed by atoms with Crippen LogP contribution in [0.5, 0.6) is 17.2 Å². The highest BCUT2D eigenvalue weighted by Crippen LogP contribution is 2.42. The Morgan fingerprint density at radius 3 is 2.12 bits per heavy atom. The van der Waals surface area contributed by atoms with Gasteiger partial charge in [-0.2, -0.15) is 0 Å². The van der Waals surface area contributed by atoms with Crippen molar-refractivity contribution in [2.24, 2.45) is 5.73 Å². The molecule has 0 bridgehead atoms. The number of nitrogens with one attached hydrogen (secondary N) is 1. The number of phenols is 1. The Balaban J connectivity index is 2.78. The smallest absolute Gasteiger partial charge is 0.331 e. The van der Waals surface area contributed by atoms with Crippen molar-refractivity contribution in [2.45, 2.75) is 6.92 Å². The van der Waals surface area contributed by atoms with Crippen molar-refractivity contribution < 1.29 is 24.5 Å². The first-order chi connectivity index (χ1) is 12.3. The Bertz CT molecular complexity index is 886. The van der Waals surface area contributed by atoms with Crippen LogP contribution in [-0.2, 0) is 4.79 Å². The van der Waals surface area contributed by atoms with Gasteiger partial charge in [0.1, 0.15) is 23.1 Å². The van der Waals surface area contributed by atoms with Gasteiger partial charge in [-0.1, -0.05) is 24.3 Å². The lowest BCUT2D eigenvalue weighted by Crippen LogP contribution is -2.11. The molecule has 7 nitrogen and oxygen atoms in total. The number of carboxylic acid groups (broad SMARTS) is 1. The van der Waals surface area contributed by atoms with E-state index in [1.54, 1.807) is 30.3 Å². The second-order valence-electron chi connectivity index (χ2n) is 5.52. The standard InChI is InChI=1S/C19H20N2O5/c1-10(19(23)24)16(11-4-6-12(7-5-11)18(20)21)17-14(22)8-13(25-2)9-15(17)26-3/h4-9,22H,1-3H3,(H3,20,21)(H,23,24)/b16-10+.